The lowest BCUT2D eigenvalue weighted by Crippen LogP contribution is -2.15. The second-order valence-corrected chi connectivity index (χ2v) is 6.28. The molecule has 5 heteroatoms. The monoisotopic (exact) mass is 334 g/mol. The molecule has 124 valence electrons. The molecule has 1 aromatic heterocycles. The minimum absolute atomic E-state index is 0.0666. The molecule has 1 N–H and O–H groups in total. The van der Waals surface area contributed by atoms with Crippen LogP contribution in [0.2, 0.25) is 5.02 Å². The lowest BCUT2D eigenvalue weighted by atomic mass is 10.1. The quantitative estimate of drug-likeness (QED) is 0.782. The highest BCUT2D eigenvalue weighted by molar-refractivity contribution is 6.32. The number of nitrogens with zero attached hydrogens (tertiary/aromatic N) is 1. The zero-order valence-corrected chi connectivity index (χ0v) is 15.0. The van der Waals surface area contributed by atoms with Crippen LogP contribution in [0, 0.1) is 13.8 Å². The summed E-state index contributed by atoms with van der Waals surface area (Å²) in [5.74, 6) is 0.681. The Kier molecular flexibility index (Phi) is 5.37. The Hall–Kier alpha value is -1.94. The third kappa shape index (κ3) is 3.70. The maximum atomic E-state index is 12.5. The summed E-state index contributed by atoms with van der Waals surface area (Å²) in [6.07, 6.45) is 0. The molecule has 0 amide bonds. The van der Waals surface area contributed by atoms with E-state index in [1.165, 1.54) is 0 Å². The first kappa shape index (κ1) is 17.4. The molecule has 1 heterocycles. The van der Waals surface area contributed by atoms with E-state index in [9.17, 15) is 4.79 Å². The zero-order chi connectivity index (χ0) is 17.1. The summed E-state index contributed by atoms with van der Waals surface area (Å²) in [6.45, 7) is 8.48. The highest BCUT2D eigenvalue weighted by atomic mass is 35.5. The maximum absolute atomic E-state index is 12.5. The predicted molar refractivity (Wildman–Crippen MR) is 95.1 cm³/mol. The normalized spacial score (nSPS) is 10.9. The van der Waals surface area contributed by atoms with Crippen LogP contribution in [-0.4, -0.2) is 24.0 Å². The van der Waals surface area contributed by atoms with Crippen LogP contribution in [0.15, 0.2) is 24.3 Å². The number of nitrogens with one attached hydrogen (secondary N) is 1. The molecule has 23 heavy (non-hydrogen) atoms. The van der Waals surface area contributed by atoms with Gasteiger partial charge in [-0.05, 0) is 52.0 Å². The number of aryl methyl sites for hydroxylation is 1. The molecule has 1 aromatic carbocycles. The van der Waals surface area contributed by atoms with Gasteiger partial charge in [-0.15, -0.1) is 0 Å². The number of ketones is 1. The summed E-state index contributed by atoms with van der Waals surface area (Å²) in [6, 6.07) is 7.67. The van der Waals surface area contributed by atoms with E-state index in [0.717, 1.165) is 22.6 Å². The van der Waals surface area contributed by atoms with Gasteiger partial charge in [-0.3, -0.25) is 4.79 Å². The maximum Gasteiger partial charge on any atom is 0.183 e. The molecule has 0 atom stereocenters. The van der Waals surface area contributed by atoms with Gasteiger partial charge in [0.05, 0.1) is 18.7 Å². The highest BCUT2D eigenvalue weighted by Crippen LogP contribution is 2.27. The Labute approximate surface area is 142 Å². The summed E-state index contributed by atoms with van der Waals surface area (Å²) in [4.78, 5) is 12.5. The van der Waals surface area contributed by atoms with E-state index < -0.39 is 0 Å². The van der Waals surface area contributed by atoms with E-state index in [4.69, 9.17) is 16.3 Å². The van der Waals surface area contributed by atoms with Crippen molar-refractivity contribution in [3.8, 4) is 5.75 Å². The van der Waals surface area contributed by atoms with Gasteiger partial charge in [0.1, 0.15) is 5.75 Å². The van der Waals surface area contributed by atoms with Gasteiger partial charge in [-0.1, -0.05) is 11.6 Å². The van der Waals surface area contributed by atoms with Gasteiger partial charge in [-0.2, -0.15) is 0 Å². The molecule has 2 aromatic rings. The fraction of sp³-hybridized carbons (Fsp3) is 0.389. The van der Waals surface area contributed by atoms with Crippen LogP contribution in [0.1, 0.15) is 41.6 Å². The molecule has 0 fully saturated rings. The van der Waals surface area contributed by atoms with Gasteiger partial charge in [-0.25, -0.2) is 0 Å². The van der Waals surface area contributed by atoms with E-state index in [2.05, 4.69) is 23.7 Å². The van der Waals surface area contributed by atoms with Gasteiger partial charge in [0.25, 0.3) is 0 Å². The van der Waals surface area contributed by atoms with Crippen LogP contribution >= 0.6 is 11.6 Å². The number of hydrogen-bond donors (Lipinski definition) is 1. The first-order chi connectivity index (χ1) is 10.8. The zero-order valence-electron chi connectivity index (χ0n) is 14.2. The number of ether oxygens (including phenoxy) is 1. The van der Waals surface area contributed by atoms with Crippen LogP contribution in [-0.2, 0) is 0 Å². The lowest BCUT2D eigenvalue weighted by molar-refractivity contribution is 0.101. The molecule has 0 bridgehead atoms. The summed E-state index contributed by atoms with van der Waals surface area (Å²) in [5, 5.41) is 3.64. The molecule has 0 saturated carbocycles. The van der Waals surface area contributed by atoms with Gasteiger partial charge in [0.2, 0.25) is 0 Å². The van der Waals surface area contributed by atoms with E-state index in [1.807, 2.05) is 26.0 Å². The Morgan fingerprint density at radius 1 is 1.30 bits per heavy atom. The molecule has 0 radical (unpaired) electrons. The van der Waals surface area contributed by atoms with Crippen molar-refractivity contribution in [1.29, 1.82) is 0 Å². The molecule has 0 aliphatic heterocycles. The summed E-state index contributed by atoms with van der Waals surface area (Å²) in [5.41, 5.74) is 3.68. The summed E-state index contributed by atoms with van der Waals surface area (Å²) >= 11 is 6.09. The van der Waals surface area contributed by atoms with Crippen molar-refractivity contribution in [3.63, 3.8) is 0 Å². The van der Waals surface area contributed by atoms with Crippen molar-refractivity contribution in [1.82, 2.24) is 4.57 Å². The van der Waals surface area contributed by atoms with Crippen LogP contribution in [0.25, 0.3) is 0 Å². The van der Waals surface area contributed by atoms with E-state index >= 15 is 0 Å². The van der Waals surface area contributed by atoms with E-state index in [-0.39, 0.29) is 12.3 Å². The van der Waals surface area contributed by atoms with Gasteiger partial charge in [0, 0.05) is 28.7 Å². The van der Waals surface area contributed by atoms with Gasteiger partial charge < -0.3 is 14.6 Å². The van der Waals surface area contributed by atoms with Crippen LogP contribution in [0.4, 0.5) is 5.69 Å². The topological polar surface area (TPSA) is 43.3 Å². The van der Waals surface area contributed by atoms with Crippen LogP contribution in [0.5, 0.6) is 5.75 Å². The van der Waals surface area contributed by atoms with Crippen molar-refractivity contribution in [2.45, 2.75) is 33.7 Å². The van der Waals surface area contributed by atoms with Crippen LogP contribution < -0.4 is 10.1 Å². The largest absolute Gasteiger partial charge is 0.495 e. The van der Waals surface area contributed by atoms with E-state index in [0.29, 0.717) is 16.8 Å². The third-order valence-corrected chi connectivity index (χ3v) is 4.20. The first-order valence-corrected chi connectivity index (χ1v) is 8.02. The van der Waals surface area contributed by atoms with Crippen molar-refractivity contribution in [3.05, 3.63) is 46.2 Å². The molecular weight excluding hydrogens is 312 g/mol. The number of methoxy groups -OCH3 is 1. The first-order valence-electron chi connectivity index (χ1n) is 7.64. The Bertz CT molecular complexity index is 720. The Balaban J connectivity index is 2.11. The number of aromatic nitrogens is 1. The van der Waals surface area contributed by atoms with Crippen molar-refractivity contribution in [2.75, 3.05) is 19.0 Å². The third-order valence-electron chi connectivity index (χ3n) is 3.91. The predicted octanol–water partition coefficient (Wildman–Crippen LogP) is 4.64. The number of benzene rings is 1. The minimum atomic E-state index is 0.0666. The van der Waals surface area contributed by atoms with Gasteiger partial charge >= 0.3 is 0 Å². The second-order valence-electron chi connectivity index (χ2n) is 5.87. The fourth-order valence-corrected chi connectivity index (χ4v) is 3.17. The molecule has 0 unspecified atom stereocenters. The highest BCUT2D eigenvalue weighted by Gasteiger charge is 2.17. The average molecular weight is 335 g/mol. The molecule has 0 aliphatic carbocycles. The number of hydrogen-bond acceptors (Lipinski definition) is 3. The molecule has 0 spiro atoms. The number of halogens is 1. The number of rotatable bonds is 6. The van der Waals surface area contributed by atoms with Crippen molar-refractivity contribution < 1.29 is 9.53 Å². The smallest absolute Gasteiger partial charge is 0.183 e. The van der Waals surface area contributed by atoms with E-state index in [1.54, 1.807) is 19.2 Å². The van der Waals surface area contributed by atoms with Crippen molar-refractivity contribution >= 4 is 23.1 Å². The molecule has 0 saturated heterocycles. The second kappa shape index (κ2) is 7.09. The van der Waals surface area contributed by atoms with Crippen molar-refractivity contribution in [2.24, 2.45) is 0 Å². The Morgan fingerprint density at radius 2 is 2.00 bits per heavy atom. The number of Topliss-reactive ketones (excluding diaryl/α,β-unsaturated/α-hetero) is 1. The summed E-state index contributed by atoms with van der Waals surface area (Å²) < 4.78 is 7.30. The molecule has 0 aliphatic rings. The van der Waals surface area contributed by atoms with Gasteiger partial charge in [0.15, 0.2) is 5.78 Å². The lowest BCUT2D eigenvalue weighted by Gasteiger charge is -2.13. The average Bonchev–Trinajstić information content (AvgIpc) is 2.80. The van der Waals surface area contributed by atoms with Crippen LogP contribution in [0.3, 0.4) is 0 Å². The number of anilines is 1. The Morgan fingerprint density at radius 3 is 2.52 bits per heavy atom. The summed E-state index contributed by atoms with van der Waals surface area (Å²) in [7, 11) is 1.57. The molecule has 2 rings (SSSR count). The minimum Gasteiger partial charge on any atom is -0.495 e. The standard InChI is InChI=1S/C18H23ClN2O2/c1-11(2)21-12(3)8-15(13(21)4)17(22)10-20-14-6-7-18(23-5)16(19)9-14/h6-9,11,20H,10H2,1-5H3. The molecular formula is C18H23ClN2O2. The molecule has 4 nitrogen and oxygen atoms in total. The fourth-order valence-electron chi connectivity index (χ4n) is 2.91. The number of carbonyl (C=O) groups is 1. The SMILES string of the molecule is COc1ccc(NCC(=O)c2cc(C)n(C(C)C)c2C)cc1Cl. The number of carbonyl (C=O) groups excluding carboxylic acids is 1.